The zero-order chi connectivity index (χ0) is 12.8. The molecule has 17 heavy (non-hydrogen) atoms. The highest BCUT2D eigenvalue weighted by atomic mass is 16.1. The zero-order valence-corrected chi connectivity index (χ0v) is 12.2. The van der Waals surface area contributed by atoms with Gasteiger partial charge >= 0.3 is 0 Å². The molecule has 0 aliphatic heterocycles. The Kier molecular flexibility index (Phi) is 6.22. The van der Waals surface area contributed by atoms with Crippen LogP contribution < -0.4 is 0 Å². The molecule has 0 radical (unpaired) electrons. The number of carbonyl (C=O) groups is 1. The summed E-state index contributed by atoms with van der Waals surface area (Å²) in [4.78, 5) is 11.6. The van der Waals surface area contributed by atoms with Crippen molar-refractivity contribution >= 4 is 5.78 Å². The van der Waals surface area contributed by atoms with Gasteiger partial charge in [0.2, 0.25) is 0 Å². The van der Waals surface area contributed by atoms with Gasteiger partial charge in [0.1, 0.15) is 5.78 Å². The van der Waals surface area contributed by atoms with Gasteiger partial charge in [-0.05, 0) is 30.6 Å². The molecule has 0 aromatic carbocycles. The third kappa shape index (κ3) is 5.70. The SMILES string of the molecule is CC(C)C[C@H]1CC[C@H](CCC(=O)C(C)C)CC1. The molecule has 0 aromatic heterocycles. The van der Waals surface area contributed by atoms with Gasteiger partial charge in [-0.1, -0.05) is 53.4 Å². The summed E-state index contributed by atoms with van der Waals surface area (Å²) in [7, 11) is 0. The lowest BCUT2D eigenvalue weighted by Gasteiger charge is -2.29. The van der Waals surface area contributed by atoms with Crippen molar-refractivity contribution in [3.8, 4) is 0 Å². The molecule has 1 saturated carbocycles. The lowest BCUT2D eigenvalue weighted by atomic mass is 9.77. The lowest BCUT2D eigenvalue weighted by Crippen LogP contribution is -2.17. The molecule has 0 bridgehead atoms. The van der Waals surface area contributed by atoms with E-state index in [4.69, 9.17) is 0 Å². The predicted octanol–water partition coefficient (Wildman–Crippen LogP) is 4.84. The summed E-state index contributed by atoms with van der Waals surface area (Å²) in [5, 5.41) is 0. The van der Waals surface area contributed by atoms with Crippen molar-refractivity contribution in [2.45, 2.75) is 72.6 Å². The number of hydrogen-bond acceptors (Lipinski definition) is 1. The maximum atomic E-state index is 11.6. The number of ketones is 1. The molecule has 0 amide bonds. The first kappa shape index (κ1) is 14.7. The molecule has 0 atom stereocenters. The fourth-order valence-electron chi connectivity index (χ4n) is 3.06. The second-order valence-corrected chi connectivity index (χ2v) is 6.68. The smallest absolute Gasteiger partial charge is 0.135 e. The molecule has 1 aliphatic carbocycles. The van der Waals surface area contributed by atoms with E-state index in [9.17, 15) is 4.79 Å². The molecular formula is C16H30O. The Hall–Kier alpha value is -0.330. The first-order valence-electron chi connectivity index (χ1n) is 7.51. The van der Waals surface area contributed by atoms with Crippen molar-refractivity contribution < 1.29 is 4.79 Å². The van der Waals surface area contributed by atoms with Crippen LogP contribution in [0, 0.1) is 23.7 Å². The van der Waals surface area contributed by atoms with Gasteiger partial charge in [-0.2, -0.15) is 0 Å². The van der Waals surface area contributed by atoms with Crippen molar-refractivity contribution in [2.24, 2.45) is 23.7 Å². The van der Waals surface area contributed by atoms with Crippen molar-refractivity contribution in [2.75, 3.05) is 0 Å². The molecule has 0 heterocycles. The van der Waals surface area contributed by atoms with Gasteiger partial charge in [0.15, 0.2) is 0 Å². The number of rotatable bonds is 6. The third-order valence-corrected chi connectivity index (χ3v) is 4.21. The van der Waals surface area contributed by atoms with Crippen molar-refractivity contribution in [1.29, 1.82) is 0 Å². The van der Waals surface area contributed by atoms with Gasteiger partial charge in [-0.3, -0.25) is 4.79 Å². The van der Waals surface area contributed by atoms with Gasteiger partial charge in [-0.15, -0.1) is 0 Å². The minimum Gasteiger partial charge on any atom is -0.299 e. The van der Waals surface area contributed by atoms with Crippen LogP contribution in [0.15, 0.2) is 0 Å². The van der Waals surface area contributed by atoms with Crippen molar-refractivity contribution in [3.05, 3.63) is 0 Å². The molecule has 100 valence electrons. The molecule has 1 rings (SSSR count). The second kappa shape index (κ2) is 7.18. The van der Waals surface area contributed by atoms with E-state index >= 15 is 0 Å². The largest absolute Gasteiger partial charge is 0.299 e. The van der Waals surface area contributed by atoms with E-state index in [2.05, 4.69) is 13.8 Å². The van der Waals surface area contributed by atoms with Crippen LogP contribution in [-0.2, 0) is 4.79 Å². The fourth-order valence-corrected chi connectivity index (χ4v) is 3.06. The zero-order valence-electron chi connectivity index (χ0n) is 12.2. The summed E-state index contributed by atoms with van der Waals surface area (Å²) in [6.07, 6.45) is 8.89. The van der Waals surface area contributed by atoms with E-state index in [1.807, 2.05) is 13.8 Å². The molecule has 1 nitrogen and oxygen atoms in total. The van der Waals surface area contributed by atoms with Crippen LogP contribution in [0.2, 0.25) is 0 Å². The van der Waals surface area contributed by atoms with Gasteiger partial charge in [0.05, 0.1) is 0 Å². The summed E-state index contributed by atoms with van der Waals surface area (Å²) in [5.74, 6) is 3.33. The average molecular weight is 238 g/mol. The standard InChI is InChI=1S/C16H30O/c1-12(2)11-15-7-5-14(6-8-15)9-10-16(17)13(3)4/h12-15H,5-11H2,1-4H3/t14-,15-. The van der Waals surface area contributed by atoms with E-state index in [1.165, 1.54) is 32.1 Å². The highest BCUT2D eigenvalue weighted by Gasteiger charge is 2.22. The maximum Gasteiger partial charge on any atom is 0.135 e. The van der Waals surface area contributed by atoms with Crippen LogP contribution in [0.1, 0.15) is 72.6 Å². The van der Waals surface area contributed by atoms with Gasteiger partial charge in [0, 0.05) is 12.3 Å². The Morgan fingerprint density at radius 1 is 1.00 bits per heavy atom. The number of Topliss-reactive ketones (excluding diaryl/α,β-unsaturated/α-hetero) is 1. The Morgan fingerprint density at radius 2 is 1.53 bits per heavy atom. The molecule has 0 aromatic rings. The number of hydrogen-bond donors (Lipinski definition) is 0. The first-order valence-corrected chi connectivity index (χ1v) is 7.51. The van der Waals surface area contributed by atoms with E-state index in [1.54, 1.807) is 0 Å². The number of carbonyl (C=O) groups excluding carboxylic acids is 1. The molecule has 0 saturated heterocycles. The summed E-state index contributed by atoms with van der Waals surface area (Å²) >= 11 is 0. The predicted molar refractivity (Wildman–Crippen MR) is 74.0 cm³/mol. The van der Waals surface area contributed by atoms with Crippen LogP contribution in [-0.4, -0.2) is 5.78 Å². The Balaban J connectivity index is 2.17. The fraction of sp³-hybridized carbons (Fsp3) is 0.938. The molecule has 1 aliphatic rings. The molecule has 1 heteroatoms. The minimum absolute atomic E-state index is 0.229. The summed E-state index contributed by atoms with van der Waals surface area (Å²) in [5.41, 5.74) is 0. The molecule has 0 spiro atoms. The average Bonchev–Trinajstić information content (AvgIpc) is 2.26. The van der Waals surface area contributed by atoms with E-state index in [-0.39, 0.29) is 5.92 Å². The van der Waals surface area contributed by atoms with E-state index < -0.39 is 0 Å². The maximum absolute atomic E-state index is 11.6. The normalized spacial score (nSPS) is 25.5. The van der Waals surface area contributed by atoms with Crippen LogP contribution in [0.25, 0.3) is 0 Å². The summed E-state index contributed by atoms with van der Waals surface area (Å²) < 4.78 is 0. The van der Waals surface area contributed by atoms with Crippen LogP contribution in [0.5, 0.6) is 0 Å². The minimum atomic E-state index is 0.229. The quantitative estimate of drug-likeness (QED) is 0.647. The first-order chi connectivity index (χ1) is 7.99. The molecular weight excluding hydrogens is 208 g/mol. The highest BCUT2D eigenvalue weighted by Crippen LogP contribution is 2.34. The van der Waals surface area contributed by atoms with E-state index in [0.29, 0.717) is 5.78 Å². The summed E-state index contributed by atoms with van der Waals surface area (Å²) in [6, 6.07) is 0. The van der Waals surface area contributed by atoms with Crippen LogP contribution in [0.3, 0.4) is 0 Å². The second-order valence-electron chi connectivity index (χ2n) is 6.68. The van der Waals surface area contributed by atoms with Crippen molar-refractivity contribution in [3.63, 3.8) is 0 Å². The van der Waals surface area contributed by atoms with Gasteiger partial charge < -0.3 is 0 Å². The molecule has 0 unspecified atom stereocenters. The lowest BCUT2D eigenvalue weighted by molar-refractivity contribution is -0.122. The monoisotopic (exact) mass is 238 g/mol. The van der Waals surface area contributed by atoms with Crippen LogP contribution >= 0.6 is 0 Å². The Bertz CT molecular complexity index is 222. The van der Waals surface area contributed by atoms with E-state index in [0.717, 1.165) is 30.6 Å². The Morgan fingerprint density at radius 3 is 2.00 bits per heavy atom. The third-order valence-electron chi connectivity index (χ3n) is 4.21. The van der Waals surface area contributed by atoms with Crippen molar-refractivity contribution in [1.82, 2.24) is 0 Å². The topological polar surface area (TPSA) is 17.1 Å². The Labute approximate surface area is 107 Å². The van der Waals surface area contributed by atoms with Gasteiger partial charge in [-0.25, -0.2) is 0 Å². The highest BCUT2D eigenvalue weighted by molar-refractivity contribution is 5.80. The van der Waals surface area contributed by atoms with Gasteiger partial charge in [0.25, 0.3) is 0 Å². The van der Waals surface area contributed by atoms with Crippen LogP contribution in [0.4, 0.5) is 0 Å². The molecule has 1 fully saturated rings. The summed E-state index contributed by atoms with van der Waals surface area (Å²) in [6.45, 7) is 8.69. The molecule has 0 N–H and O–H groups in total.